The first-order valence-electron chi connectivity index (χ1n) is 7.10. The molecule has 0 saturated heterocycles. The third kappa shape index (κ3) is 2.79. The summed E-state index contributed by atoms with van der Waals surface area (Å²) in [4.78, 5) is 8.32. The Balaban J connectivity index is 1.87. The van der Waals surface area contributed by atoms with E-state index in [9.17, 15) is 0 Å². The van der Waals surface area contributed by atoms with Crippen molar-refractivity contribution in [3.63, 3.8) is 0 Å². The molecule has 0 fully saturated rings. The standard InChI is InChI=1S/C17H18N4O/c1-22-13-6-7-14-11(3-2-4-12(14)9-13)5-8-15-17(19)21-16(18)10-20-15/h2-4,6-7,9-10H,5,8H2,1H3,(H4,18,19,21). The number of benzene rings is 2. The zero-order valence-corrected chi connectivity index (χ0v) is 12.4. The van der Waals surface area contributed by atoms with Crippen molar-refractivity contribution in [1.29, 1.82) is 0 Å². The third-order valence-electron chi connectivity index (χ3n) is 3.71. The molecular formula is C17H18N4O. The smallest absolute Gasteiger partial charge is 0.147 e. The maximum atomic E-state index is 5.87. The van der Waals surface area contributed by atoms with Gasteiger partial charge in [-0.05, 0) is 41.3 Å². The van der Waals surface area contributed by atoms with Crippen LogP contribution < -0.4 is 16.2 Å². The summed E-state index contributed by atoms with van der Waals surface area (Å²) in [6.07, 6.45) is 3.11. The number of aryl methyl sites for hydroxylation is 2. The molecule has 5 nitrogen and oxygen atoms in total. The summed E-state index contributed by atoms with van der Waals surface area (Å²) < 4.78 is 5.27. The lowest BCUT2D eigenvalue weighted by Crippen LogP contribution is -2.05. The second kappa shape index (κ2) is 5.89. The Morgan fingerprint density at radius 2 is 1.95 bits per heavy atom. The largest absolute Gasteiger partial charge is 0.497 e. The van der Waals surface area contributed by atoms with Crippen LogP contribution in [0, 0.1) is 0 Å². The number of nitrogens with zero attached hydrogens (tertiary/aromatic N) is 2. The summed E-state index contributed by atoms with van der Waals surface area (Å²) in [6.45, 7) is 0. The van der Waals surface area contributed by atoms with Crippen molar-refractivity contribution in [3.05, 3.63) is 53.9 Å². The van der Waals surface area contributed by atoms with Crippen LogP contribution in [0.3, 0.4) is 0 Å². The van der Waals surface area contributed by atoms with Crippen LogP contribution in [0.4, 0.5) is 11.6 Å². The highest BCUT2D eigenvalue weighted by atomic mass is 16.5. The molecule has 0 aliphatic heterocycles. The van der Waals surface area contributed by atoms with Crippen molar-refractivity contribution in [2.24, 2.45) is 0 Å². The van der Waals surface area contributed by atoms with E-state index < -0.39 is 0 Å². The van der Waals surface area contributed by atoms with Gasteiger partial charge in [-0.2, -0.15) is 0 Å². The van der Waals surface area contributed by atoms with E-state index in [4.69, 9.17) is 16.2 Å². The third-order valence-corrected chi connectivity index (χ3v) is 3.71. The van der Waals surface area contributed by atoms with Crippen molar-refractivity contribution in [1.82, 2.24) is 9.97 Å². The molecule has 0 unspecified atom stereocenters. The minimum Gasteiger partial charge on any atom is -0.497 e. The minimum atomic E-state index is 0.346. The van der Waals surface area contributed by atoms with E-state index in [1.54, 1.807) is 13.3 Å². The van der Waals surface area contributed by atoms with E-state index in [1.165, 1.54) is 10.9 Å². The number of rotatable bonds is 4. The first-order chi connectivity index (χ1) is 10.7. The Morgan fingerprint density at radius 3 is 2.73 bits per heavy atom. The highest BCUT2D eigenvalue weighted by Gasteiger charge is 2.07. The van der Waals surface area contributed by atoms with Gasteiger partial charge in [0, 0.05) is 0 Å². The molecule has 0 atom stereocenters. The number of aromatic nitrogens is 2. The number of nitrogens with two attached hydrogens (primary N) is 2. The highest BCUT2D eigenvalue weighted by Crippen LogP contribution is 2.25. The maximum absolute atomic E-state index is 5.87. The van der Waals surface area contributed by atoms with Gasteiger partial charge in [-0.3, -0.25) is 4.98 Å². The summed E-state index contributed by atoms with van der Waals surface area (Å²) in [5, 5.41) is 2.37. The van der Waals surface area contributed by atoms with E-state index in [2.05, 4.69) is 34.2 Å². The molecule has 0 aliphatic rings. The predicted molar refractivity (Wildman–Crippen MR) is 88.8 cm³/mol. The summed E-state index contributed by atoms with van der Waals surface area (Å²) in [7, 11) is 1.67. The number of nitrogen functional groups attached to an aromatic ring is 2. The van der Waals surface area contributed by atoms with Gasteiger partial charge in [-0.25, -0.2) is 4.98 Å². The molecule has 0 spiro atoms. The van der Waals surface area contributed by atoms with Crippen LogP contribution in [0.15, 0.2) is 42.6 Å². The van der Waals surface area contributed by atoms with Gasteiger partial charge in [-0.1, -0.05) is 24.3 Å². The van der Waals surface area contributed by atoms with Crippen molar-refractivity contribution in [2.45, 2.75) is 12.8 Å². The zero-order valence-electron chi connectivity index (χ0n) is 12.4. The van der Waals surface area contributed by atoms with Gasteiger partial charge in [0.25, 0.3) is 0 Å². The van der Waals surface area contributed by atoms with E-state index >= 15 is 0 Å². The van der Waals surface area contributed by atoms with Crippen LogP contribution in [-0.2, 0) is 12.8 Å². The van der Waals surface area contributed by atoms with Crippen molar-refractivity contribution in [3.8, 4) is 5.75 Å². The van der Waals surface area contributed by atoms with Crippen LogP contribution >= 0.6 is 0 Å². The molecule has 1 heterocycles. The molecule has 3 rings (SSSR count). The highest BCUT2D eigenvalue weighted by molar-refractivity contribution is 5.87. The van der Waals surface area contributed by atoms with Crippen LogP contribution in [0.1, 0.15) is 11.3 Å². The molecule has 22 heavy (non-hydrogen) atoms. The summed E-state index contributed by atoms with van der Waals surface area (Å²) in [5.74, 6) is 1.61. The fourth-order valence-electron chi connectivity index (χ4n) is 2.56. The molecule has 0 aliphatic carbocycles. The number of hydrogen-bond acceptors (Lipinski definition) is 5. The van der Waals surface area contributed by atoms with E-state index in [0.717, 1.165) is 29.7 Å². The van der Waals surface area contributed by atoms with Gasteiger partial charge in [0.2, 0.25) is 0 Å². The molecule has 4 N–H and O–H groups in total. The average molecular weight is 294 g/mol. The Labute approximate surface area is 128 Å². The molecule has 0 bridgehead atoms. The summed E-state index contributed by atoms with van der Waals surface area (Å²) in [6, 6.07) is 12.4. The molecule has 0 radical (unpaired) electrons. The molecule has 2 aromatic carbocycles. The molecular weight excluding hydrogens is 276 g/mol. The number of fused-ring (bicyclic) bond motifs is 1. The van der Waals surface area contributed by atoms with Gasteiger partial charge in [0.05, 0.1) is 19.0 Å². The van der Waals surface area contributed by atoms with Crippen LogP contribution in [0.25, 0.3) is 10.8 Å². The van der Waals surface area contributed by atoms with Gasteiger partial charge in [0.15, 0.2) is 0 Å². The lowest BCUT2D eigenvalue weighted by Gasteiger charge is -2.09. The van der Waals surface area contributed by atoms with Crippen LogP contribution in [0.2, 0.25) is 0 Å². The average Bonchev–Trinajstić information content (AvgIpc) is 2.53. The molecule has 1 aromatic heterocycles. The molecule has 0 amide bonds. The molecule has 5 heteroatoms. The minimum absolute atomic E-state index is 0.346. The topological polar surface area (TPSA) is 87.0 Å². The van der Waals surface area contributed by atoms with E-state index in [-0.39, 0.29) is 0 Å². The second-order valence-corrected chi connectivity index (χ2v) is 5.13. The zero-order chi connectivity index (χ0) is 15.5. The predicted octanol–water partition coefficient (Wildman–Crippen LogP) is 2.59. The number of anilines is 2. The fourth-order valence-corrected chi connectivity index (χ4v) is 2.56. The van der Waals surface area contributed by atoms with Crippen molar-refractivity contribution >= 4 is 22.4 Å². The van der Waals surface area contributed by atoms with Crippen LogP contribution in [0.5, 0.6) is 5.75 Å². The van der Waals surface area contributed by atoms with Gasteiger partial charge < -0.3 is 16.2 Å². The fraction of sp³-hybridized carbons (Fsp3) is 0.176. The Hall–Kier alpha value is -2.82. The molecule has 112 valence electrons. The molecule has 0 saturated carbocycles. The number of hydrogen-bond donors (Lipinski definition) is 2. The quantitative estimate of drug-likeness (QED) is 0.772. The van der Waals surface area contributed by atoms with Gasteiger partial charge in [0.1, 0.15) is 17.4 Å². The maximum Gasteiger partial charge on any atom is 0.147 e. The SMILES string of the molecule is COc1ccc2c(CCc3ncc(N)nc3N)cccc2c1. The molecule has 3 aromatic rings. The first-order valence-corrected chi connectivity index (χ1v) is 7.10. The lowest BCUT2D eigenvalue weighted by atomic mass is 10.00. The summed E-state index contributed by atoms with van der Waals surface area (Å²) in [5.41, 5.74) is 13.5. The normalized spacial score (nSPS) is 10.8. The van der Waals surface area contributed by atoms with E-state index in [0.29, 0.717) is 11.6 Å². The van der Waals surface area contributed by atoms with Crippen LogP contribution in [-0.4, -0.2) is 17.1 Å². The lowest BCUT2D eigenvalue weighted by molar-refractivity contribution is 0.415. The monoisotopic (exact) mass is 294 g/mol. The Kier molecular flexibility index (Phi) is 3.78. The second-order valence-electron chi connectivity index (χ2n) is 5.13. The van der Waals surface area contributed by atoms with Gasteiger partial charge in [-0.15, -0.1) is 0 Å². The van der Waals surface area contributed by atoms with Gasteiger partial charge >= 0.3 is 0 Å². The summed E-state index contributed by atoms with van der Waals surface area (Å²) >= 11 is 0. The first kappa shape index (κ1) is 14.1. The Morgan fingerprint density at radius 1 is 1.09 bits per heavy atom. The Bertz CT molecular complexity index is 817. The number of methoxy groups -OCH3 is 1. The number of ether oxygens (including phenoxy) is 1. The van der Waals surface area contributed by atoms with Crippen molar-refractivity contribution in [2.75, 3.05) is 18.6 Å². The van der Waals surface area contributed by atoms with Crippen molar-refractivity contribution < 1.29 is 4.74 Å². The van der Waals surface area contributed by atoms with E-state index in [1.807, 2.05) is 12.1 Å².